The van der Waals surface area contributed by atoms with Gasteiger partial charge in [0.1, 0.15) is 11.9 Å². The van der Waals surface area contributed by atoms with Gasteiger partial charge in [-0.1, -0.05) is 30.3 Å². The Labute approximate surface area is 145 Å². The quantitative estimate of drug-likeness (QED) is 0.878. The summed E-state index contributed by atoms with van der Waals surface area (Å²) in [6.07, 6.45) is -0.0679. The summed E-state index contributed by atoms with van der Waals surface area (Å²) in [5.41, 5.74) is 1.20. The summed E-state index contributed by atoms with van der Waals surface area (Å²) in [5.74, 6) is -0.987. The molecule has 2 rings (SSSR count). The molecule has 0 saturated heterocycles. The molecular formula is C19H18FN3O2. The number of nitriles is 1. The normalized spacial score (nSPS) is 9.96. The van der Waals surface area contributed by atoms with Crippen LogP contribution < -0.4 is 10.2 Å². The first-order valence-electron chi connectivity index (χ1n) is 7.80. The number of rotatable bonds is 6. The monoisotopic (exact) mass is 339 g/mol. The minimum atomic E-state index is -0.425. The summed E-state index contributed by atoms with van der Waals surface area (Å²) in [6.45, 7) is 1.82. The van der Waals surface area contributed by atoms with E-state index >= 15 is 0 Å². The van der Waals surface area contributed by atoms with Crippen molar-refractivity contribution in [1.29, 1.82) is 5.26 Å². The Morgan fingerprint density at radius 3 is 2.52 bits per heavy atom. The number of anilines is 1. The molecule has 0 fully saturated rings. The zero-order valence-corrected chi connectivity index (χ0v) is 13.8. The smallest absolute Gasteiger partial charge is 0.224 e. The van der Waals surface area contributed by atoms with Crippen LogP contribution in [0.3, 0.4) is 0 Å². The van der Waals surface area contributed by atoms with Gasteiger partial charge in [-0.05, 0) is 23.8 Å². The first kappa shape index (κ1) is 18.1. The molecule has 0 spiro atoms. The van der Waals surface area contributed by atoms with Crippen LogP contribution in [0, 0.1) is 17.1 Å². The molecular weight excluding hydrogens is 321 g/mol. The molecule has 5 nitrogen and oxygen atoms in total. The maximum atomic E-state index is 13.5. The van der Waals surface area contributed by atoms with Gasteiger partial charge >= 0.3 is 0 Å². The van der Waals surface area contributed by atoms with Crippen molar-refractivity contribution in [2.75, 3.05) is 18.0 Å². The number of carbonyl (C=O) groups excluding carboxylic acids is 2. The van der Waals surface area contributed by atoms with Crippen molar-refractivity contribution in [2.45, 2.75) is 13.3 Å². The molecule has 0 aliphatic heterocycles. The first-order valence-corrected chi connectivity index (χ1v) is 7.80. The third kappa shape index (κ3) is 4.88. The van der Waals surface area contributed by atoms with Crippen LogP contribution in [0.5, 0.6) is 0 Å². The van der Waals surface area contributed by atoms with Crippen LogP contribution >= 0.6 is 0 Å². The summed E-state index contributed by atoms with van der Waals surface area (Å²) in [4.78, 5) is 25.3. The molecule has 128 valence electrons. The molecule has 2 aromatic rings. The van der Waals surface area contributed by atoms with Crippen molar-refractivity contribution < 1.29 is 14.0 Å². The number of carbonyl (C=O) groups is 2. The number of para-hydroxylation sites is 1. The van der Waals surface area contributed by atoms with Crippen molar-refractivity contribution in [1.82, 2.24) is 5.32 Å². The van der Waals surface area contributed by atoms with Crippen LogP contribution in [0.2, 0.25) is 0 Å². The van der Waals surface area contributed by atoms with Crippen LogP contribution in [-0.2, 0) is 16.0 Å². The van der Waals surface area contributed by atoms with E-state index in [2.05, 4.69) is 5.32 Å². The molecule has 1 N–H and O–H groups in total. The third-order valence-corrected chi connectivity index (χ3v) is 3.66. The SMILES string of the molecule is CC(=O)N(CCNC(=O)Cc1ccccc1F)c1ccccc1C#N. The lowest BCUT2D eigenvalue weighted by atomic mass is 10.1. The summed E-state index contributed by atoms with van der Waals surface area (Å²) < 4.78 is 13.5. The summed E-state index contributed by atoms with van der Waals surface area (Å²) in [6, 6.07) is 14.9. The number of hydrogen-bond donors (Lipinski definition) is 1. The highest BCUT2D eigenvalue weighted by Gasteiger charge is 2.15. The van der Waals surface area contributed by atoms with E-state index in [4.69, 9.17) is 5.26 Å². The molecule has 2 amide bonds. The summed E-state index contributed by atoms with van der Waals surface area (Å²) in [5, 5.41) is 11.8. The molecule has 0 aliphatic rings. The van der Waals surface area contributed by atoms with E-state index in [-0.39, 0.29) is 31.3 Å². The molecule has 0 atom stereocenters. The van der Waals surface area contributed by atoms with Gasteiger partial charge in [0.2, 0.25) is 11.8 Å². The first-order chi connectivity index (χ1) is 12.0. The van der Waals surface area contributed by atoms with Gasteiger partial charge in [-0.15, -0.1) is 0 Å². The highest BCUT2D eigenvalue weighted by atomic mass is 19.1. The zero-order chi connectivity index (χ0) is 18.2. The van der Waals surface area contributed by atoms with Crippen LogP contribution in [0.25, 0.3) is 0 Å². The van der Waals surface area contributed by atoms with Crippen molar-refractivity contribution in [2.24, 2.45) is 0 Å². The number of hydrogen-bond acceptors (Lipinski definition) is 3. The van der Waals surface area contributed by atoms with E-state index in [1.54, 1.807) is 42.5 Å². The Hall–Kier alpha value is -3.20. The molecule has 6 heteroatoms. The van der Waals surface area contributed by atoms with E-state index in [0.717, 1.165) is 0 Å². The van der Waals surface area contributed by atoms with E-state index in [9.17, 15) is 14.0 Å². The van der Waals surface area contributed by atoms with Crippen LogP contribution in [0.1, 0.15) is 18.1 Å². The lowest BCUT2D eigenvalue weighted by Crippen LogP contribution is -2.38. The Bertz CT molecular complexity index is 814. The fourth-order valence-corrected chi connectivity index (χ4v) is 2.44. The number of amides is 2. The number of halogens is 1. The molecule has 0 bridgehead atoms. The molecule has 0 unspecified atom stereocenters. The zero-order valence-electron chi connectivity index (χ0n) is 13.8. The van der Waals surface area contributed by atoms with Crippen LogP contribution in [0.15, 0.2) is 48.5 Å². The molecule has 0 aromatic heterocycles. The molecule has 2 aromatic carbocycles. The molecule has 25 heavy (non-hydrogen) atoms. The average molecular weight is 339 g/mol. The van der Waals surface area contributed by atoms with Gasteiger partial charge in [0.15, 0.2) is 0 Å². The Balaban J connectivity index is 1.96. The fourth-order valence-electron chi connectivity index (χ4n) is 2.44. The van der Waals surface area contributed by atoms with Crippen LogP contribution in [-0.4, -0.2) is 24.9 Å². The number of nitrogens with one attached hydrogen (secondary N) is 1. The Morgan fingerprint density at radius 1 is 1.16 bits per heavy atom. The predicted molar refractivity (Wildman–Crippen MR) is 92.3 cm³/mol. The predicted octanol–water partition coefficient (Wildman–Crippen LogP) is 2.41. The minimum absolute atomic E-state index is 0.0679. The highest BCUT2D eigenvalue weighted by molar-refractivity contribution is 5.93. The maximum absolute atomic E-state index is 13.5. The average Bonchev–Trinajstić information content (AvgIpc) is 2.60. The second kappa shape index (κ2) is 8.60. The van der Waals surface area contributed by atoms with E-state index in [0.29, 0.717) is 16.8 Å². The van der Waals surface area contributed by atoms with Gasteiger partial charge in [-0.25, -0.2) is 4.39 Å². The summed E-state index contributed by atoms with van der Waals surface area (Å²) in [7, 11) is 0. The van der Waals surface area contributed by atoms with Crippen molar-refractivity contribution in [3.63, 3.8) is 0 Å². The summed E-state index contributed by atoms with van der Waals surface area (Å²) >= 11 is 0. The largest absolute Gasteiger partial charge is 0.354 e. The molecule has 0 heterocycles. The second-order valence-corrected chi connectivity index (χ2v) is 5.42. The fraction of sp³-hybridized carbons (Fsp3) is 0.211. The topological polar surface area (TPSA) is 73.2 Å². The van der Waals surface area contributed by atoms with Crippen molar-refractivity contribution >= 4 is 17.5 Å². The Kier molecular flexibility index (Phi) is 6.24. The lowest BCUT2D eigenvalue weighted by molar-refractivity contribution is -0.121. The van der Waals surface area contributed by atoms with Crippen molar-refractivity contribution in [3.8, 4) is 6.07 Å². The van der Waals surface area contributed by atoms with E-state index in [1.807, 2.05) is 6.07 Å². The Morgan fingerprint density at radius 2 is 1.84 bits per heavy atom. The second-order valence-electron chi connectivity index (χ2n) is 5.42. The lowest BCUT2D eigenvalue weighted by Gasteiger charge is -2.22. The minimum Gasteiger partial charge on any atom is -0.354 e. The number of nitrogens with zero attached hydrogens (tertiary/aromatic N) is 2. The van der Waals surface area contributed by atoms with Gasteiger partial charge in [0, 0.05) is 20.0 Å². The van der Waals surface area contributed by atoms with Gasteiger partial charge in [0.25, 0.3) is 0 Å². The van der Waals surface area contributed by atoms with Crippen molar-refractivity contribution in [3.05, 3.63) is 65.5 Å². The van der Waals surface area contributed by atoms with E-state index in [1.165, 1.54) is 17.9 Å². The molecule has 0 radical (unpaired) electrons. The highest BCUT2D eigenvalue weighted by Crippen LogP contribution is 2.19. The third-order valence-electron chi connectivity index (χ3n) is 3.66. The molecule has 0 aliphatic carbocycles. The van der Waals surface area contributed by atoms with Gasteiger partial charge < -0.3 is 10.2 Å². The number of benzene rings is 2. The van der Waals surface area contributed by atoms with E-state index < -0.39 is 5.82 Å². The maximum Gasteiger partial charge on any atom is 0.224 e. The van der Waals surface area contributed by atoms with Gasteiger partial charge in [-0.3, -0.25) is 9.59 Å². The van der Waals surface area contributed by atoms with Crippen LogP contribution in [0.4, 0.5) is 10.1 Å². The molecule has 0 saturated carbocycles. The van der Waals surface area contributed by atoms with Gasteiger partial charge in [-0.2, -0.15) is 5.26 Å². The van der Waals surface area contributed by atoms with Gasteiger partial charge in [0.05, 0.1) is 17.7 Å². The standard InChI is InChI=1S/C19H18FN3O2/c1-14(24)23(18-9-5-3-7-16(18)13-21)11-10-22-19(25)12-15-6-2-4-8-17(15)20/h2-9H,10-12H2,1H3,(H,22,25).